The largest absolute Gasteiger partial charge is 0.465 e. The van der Waals surface area contributed by atoms with Gasteiger partial charge in [0, 0.05) is 13.1 Å². The molecule has 0 aromatic heterocycles. The van der Waals surface area contributed by atoms with Crippen molar-refractivity contribution in [2.45, 2.75) is 57.2 Å². The van der Waals surface area contributed by atoms with Crippen LogP contribution in [0.1, 0.15) is 38.8 Å². The molecule has 2 amide bonds. The number of aliphatic hydroxyl groups is 1. The first-order chi connectivity index (χ1) is 18.3. The van der Waals surface area contributed by atoms with E-state index < -0.39 is 40.2 Å². The Morgan fingerprint density at radius 1 is 0.974 bits per heavy atom. The van der Waals surface area contributed by atoms with Gasteiger partial charge in [0.1, 0.15) is 6.04 Å². The van der Waals surface area contributed by atoms with E-state index in [2.05, 4.69) is 15.8 Å². The molecule has 0 radical (unpaired) electrons. The van der Waals surface area contributed by atoms with Crippen molar-refractivity contribution in [1.82, 2.24) is 14.9 Å². The molecule has 0 saturated heterocycles. The average molecular weight is 563 g/mol. The van der Waals surface area contributed by atoms with E-state index in [1.165, 1.54) is 34.8 Å². The van der Waals surface area contributed by atoms with Crippen molar-refractivity contribution >= 4 is 28.2 Å². The van der Waals surface area contributed by atoms with E-state index in [9.17, 15) is 28.2 Å². The van der Waals surface area contributed by atoms with Gasteiger partial charge in [-0.1, -0.05) is 75.3 Å². The summed E-state index contributed by atoms with van der Waals surface area (Å²) in [7, 11) is -4.04. The fourth-order valence-corrected chi connectivity index (χ4v) is 5.67. The summed E-state index contributed by atoms with van der Waals surface area (Å²) < 4.78 is 28.3. The molecule has 2 rings (SSSR count). The van der Waals surface area contributed by atoms with Gasteiger partial charge in [0.2, 0.25) is 15.9 Å². The number of rotatable bonds is 14. The van der Waals surface area contributed by atoms with Gasteiger partial charge < -0.3 is 26.1 Å². The van der Waals surface area contributed by atoms with Crippen molar-refractivity contribution in [3.8, 4) is 0 Å². The summed E-state index contributed by atoms with van der Waals surface area (Å²) in [5.41, 5.74) is 1.31. The van der Waals surface area contributed by atoms with Crippen molar-refractivity contribution in [1.29, 1.82) is 0 Å². The number of carboxylic acid groups (broad SMARTS) is 1. The quantitative estimate of drug-likeness (QED) is 0.134. The first-order valence-corrected chi connectivity index (χ1v) is 14.1. The molecule has 12 heteroatoms. The number of carbonyl (C=O) groups is 2. The number of carbonyl (C=O) groups excluding carboxylic acids is 1. The lowest BCUT2D eigenvalue weighted by Gasteiger charge is -2.32. The van der Waals surface area contributed by atoms with Crippen LogP contribution in [0.2, 0.25) is 0 Å². The number of hydrogen-bond acceptors (Lipinski definition) is 7. The predicted molar refractivity (Wildman–Crippen MR) is 147 cm³/mol. The summed E-state index contributed by atoms with van der Waals surface area (Å²) in [6.45, 7) is 6.89. The number of benzene rings is 2. The number of amides is 2. The van der Waals surface area contributed by atoms with Gasteiger partial charge >= 0.3 is 6.09 Å². The minimum absolute atomic E-state index is 0.000357. The van der Waals surface area contributed by atoms with Crippen LogP contribution in [0.4, 0.5) is 4.79 Å². The highest BCUT2D eigenvalue weighted by atomic mass is 32.2. The van der Waals surface area contributed by atoms with Gasteiger partial charge in [0.15, 0.2) is 0 Å². The minimum Gasteiger partial charge on any atom is -0.465 e. The normalized spacial score (nSPS) is 14.5. The number of oxime groups is 1. The number of nitrogens with zero attached hydrogens (tertiary/aromatic N) is 2. The second kappa shape index (κ2) is 14.6. The Kier molecular flexibility index (Phi) is 11.9. The molecular formula is C27H38N4O7S. The van der Waals surface area contributed by atoms with Crippen LogP contribution in [0.5, 0.6) is 0 Å². The van der Waals surface area contributed by atoms with Crippen molar-refractivity contribution in [2.24, 2.45) is 17.0 Å². The van der Waals surface area contributed by atoms with E-state index in [1.54, 1.807) is 13.8 Å². The van der Waals surface area contributed by atoms with Gasteiger partial charge in [-0.05, 0) is 41.5 Å². The molecular weight excluding hydrogens is 524 g/mol. The molecule has 39 heavy (non-hydrogen) atoms. The van der Waals surface area contributed by atoms with Crippen molar-refractivity contribution in [3.05, 3.63) is 65.7 Å². The Bertz CT molecular complexity index is 1200. The number of nitrogens with one attached hydrogen (secondary N) is 2. The molecule has 0 spiro atoms. The second-order valence-corrected chi connectivity index (χ2v) is 12.0. The molecule has 5 N–H and O–H groups in total. The Balaban J connectivity index is 2.37. The molecule has 0 aliphatic rings. The summed E-state index contributed by atoms with van der Waals surface area (Å²) in [4.78, 5) is 24.3. The maximum atomic E-state index is 13.6. The van der Waals surface area contributed by atoms with E-state index in [0.717, 1.165) is 5.56 Å². The van der Waals surface area contributed by atoms with E-state index in [1.807, 2.05) is 44.2 Å². The molecule has 2 aromatic rings. The van der Waals surface area contributed by atoms with Crippen LogP contribution >= 0.6 is 0 Å². The van der Waals surface area contributed by atoms with Crippen LogP contribution in [-0.4, -0.2) is 77.6 Å². The zero-order chi connectivity index (χ0) is 29.2. The highest BCUT2D eigenvalue weighted by molar-refractivity contribution is 7.89. The van der Waals surface area contributed by atoms with Gasteiger partial charge in [-0.15, -0.1) is 0 Å². The molecule has 0 fully saturated rings. The van der Waals surface area contributed by atoms with Crippen LogP contribution in [0, 0.1) is 11.8 Å². The fourth-order valence-electron chi connectivity index (χ4n) is 4.05. The van der Waals surface area contributed by atoms with Gasteiger partial charge in [-0.25, -0.2) is 13.2 Å². The molecule has 0 aliphatic heterocycles. The molecule has 2 aromatic carbocycles. The monoisotopic (exact) mass is 562 g/mol. The van der Waals surface area contributed by atoms with E-state index in [4.69, 9.17) is 5.21 Å². The summed E-state index contributed by atoms with van der Waals surface area (Å²) in [5, 5.41) is 37.1. The predicted octanol–water partition coefficient (Wildman–Crippen LogP) is 2.52. The summed E-state index contributed by atoms with van der Waals surface area (Å²) >= 11 is 0. The lowest BCUT2D eigenvalue weighted by Crippen LogP contribution is -2.56. The fraction of sp³-hybridized carbons (Fsp3) is 0.444. The summed E-state index contributed by atoms with van der Waals surface area (Å²) in [5.74, 6) is -1.06. The molecule has 0 heterocycles. The van der Waals surface area contributed by atoms with E-state index in [0.29, 0.717) is 5.56 Å². The molecule has 0 bridgehead atoms. The SMILES string of the molecule is CC(C)CN(C[C@H](O)[C@H](Cc1ccccc1)NC(=O)[C@H](NC(=O)O)C(C)C)S(=O)(=O)c1ccc(C=NO)cc1. The topological polar surface area (TPSA) is 169 Å². The summed E-state index contributed by atoms with van der Waals surface area (Å²) in [6.07, 6.45) is -1.31. The van der Waals surface area contributed by atoms with Crippen LogP contribution < -0.4 is 10.6 Å². The molecule has 3 atom stereocenters. The molecule has 11 nitrogen and oxygen atoms in total. The Morgan fingerprint density at radius 3 is 2.10 bits per heavy atom. The minimum atomic E-state index is -4.04. The molecule has 0 saturated carbocycles. The summed E-state index contributed by atoms with van der Waals surface area (Å²) in [6, 6.07) is 12.9. The number of hydrogen-bond donors (Lipinski definition) is 5. The first-order valence-electron chi connectivity index (χ1n) is 12.6. The van der Waals surface area contributed by atoms with Crippen LogP contribution in [0.15, 0.2) is 64.6 Å². The zero-order valence-electron chi connectivity index (χ0n) is 22.6. The third-order valence-electron chi connectivity index (χ3n) is 6.00. The van der Waals surface area contributed by atoms with Crippen LogP contribution in [0.25, 0.3) is 0 Å². The lowest BCUT2D eigenvalue weighted by molar-refractivity contribution is -0.125. The van der Waals surface area contributed by atoms with Crippen molar-refractivity contribution < 1.29 is 33.4 Å². The number of sulfonamides is 1. The zero-order valence-corrected chi connectivity index (χ0v) is 23.4. The Morgan fingerprint density at radius 2 is 1.59 bits per heavy atom. The Hall–Kier alpha value is -3.48. The molecule has 214 valence electrons. The van der Waals surface area contributed by atoms with Crippen molar-refractivity contribution in [2.75, 3.05) is 13.1 Å². The lowest BCUT2D eigenvalue weighted by atomic mass is 9.98. The highest BCUT2D eigenvalue weighted by Crippen LogP contribution is 2.20. The van der Waals surface area contributed by atoms with Gasteiger partial charge in [-0.3, -0.25) is 4.79 Å². The highest BCUT2D eigenvalue weighted by Gasteiger charge is 2.33. The third-order valence-corrected chi connectivity index (χ3v) is 7.85. The first kappa shape index (κ1) is 31.7. The van der Waals surface area contributed by atoms with Crippen LogP contribution in [0.3, 0.4) is 0 Å². The van der Waals surface area contributed by atoms with Gasteiger partial charge in [0.25, 0.3) is 0 Å². The van der Waals surface area contributed by atoms with Crippen molar-refractivity contribution in [3.63, 3.8) is 0 Å². The molecule has 0 unspecified atom stereocenters. The smallest absolute Gasteiger partial charge is 0.405 e. The average Bonchev–Trinajstić information content (AvgIpc) is 2.87. The number of aliphatic hydroxyl groups excluding tert-OH is 1. The van der Waals surface area contributed by atoms with Gasteiger partial charge in [-0.2, -0.15) is 4.31 Å². The second-order valence-electron chi connectivity index (χ2n) is 10.1. The van der Waals surface area contributed by atoms with Crippen LogP contribution in [-0.2, 0) is 21.2 Å². The van der Waals surface area contributed by atoms with Gasteiger partial charge in [0.05, 0.1) is 23.3 Å². The van der Waals surface area contributed by atoms with E-state index in [-0.39, 0.29) is 36.2 Å². The third kappa shape index (κ3) is 9.65. The maximum Gasteiger partial charge on any atom is 0.405 e. The molecule has 0 aliphatic carbocycles. The standard InChI is InChI=1S/C27H38N4O7S/c1-18(2)16-31(39(37,38)22-12-10-21(11-13-22)15-28-36)17-24(32)23(14-20-8-6-5-7-9-20)29-26(33)25(19(3)4)30-27(34)35/h5-13,15,18-19,23-25,30,32,36H,14,16-17H2,1-4H3,(H,29,33)(H,34,35)/t23-,24-,25+/m0/s1. The van der Waals surface area contributed by atoms with E-state index >= 15 is 0 Å². The Labute approximate surface area is 229 Å². The maximum absolute atomic E-state index is 13.6.